The van der Waals surface area contributed by atoms with Crippen LogP contribution in [0, 0.1) is 29.6 Å². The molecule has 3 rings (SSSR count). The lowest BCUT2D eigenvalue weighted by Crippen LogP contribution is -2.53. The van der Waals surface area contributed by atoms with Gasteiger partial charge in [0.25, 0.3) is 0 Å². The Balaban J connectivity index is 1.93. The molecule has 0 saturated carbocycles. The van der Waals surface area contributed by atoms with Crippen LogP contribution in [0.5, 0.6) is 0 Å². The summed E-state index contributed by atoms with van der Waals surface area (Å²) in [5, 5.41) is 33.7. The van der Waals surface area contributed by atoms with E-state index in [2.05, 4.69) is 4.90 Å². The second-order valence-corrected chi connectivity index (χ2v) is 12.4. The number of epoxide rings is 1. The van der Waals surface area contributed by atoms with Gasteiger partial charge >= 0.3 is 5.97 Å². The zero-order valence-electron chi connectivity index (χ0n) is 24.4. The fraction of sp³-hybridized carbons (Fsp3) is 0.929. The second kappa shape index (κ2) is 12.2. The first-order valence-electron chi connectivity index (χ1n) is 14.1. The van der Waals surface area contributed by atoms with Gasteiger partial charge in [0.2, 0.25) is 0 Å². The van der Waals surface area contributed by atoms with Gasteiger partial charge in [-0.15, -0.1) is 0 Å². The van der Waals surface area contributed by atoms with Crippen molar-refractivity contribution in [2.75, 3.05) is 14.1 Å². The molecule has 3 aliphatic heterocycles. The molecule has 10 nitrogen and oxygen atoms in total. The maximum Gasteiger partial charge on any atom is 0.311 e. The van der Waals surface area contributed by atoms with Crippen LogP contribution in [-0.4, -0.2) is 101 Å². The Bertz CT molecular complexity index is 835. The highest BCUT2D eigenvalue weighted by atomic mass is 16.8. The summed E-state index contributed by atoms with van der Waals surface area (Å²) in [5.74, 6) is -4.10. The lowest BCUT2D eigenvalue weighted by molar-refractivity contribution is -0.239. The number of hydrogen-bond donors (Lipinski definition) is 3. The molecule has 3 N–H and O–H groups in total. The number of carbonyl (C=O) groups is 2. The molecule has 0 spiro atoms. The third kappa shape index (κ3) is 6.59. The largest absolute Gasteiger partial charge is 0.462 e. The fourth-order valence-corrected chi connectivity index (χ4v) is 6.32. The van der Waals surface area contributed by atoms with Crippen molar-refractivity contribution in [1.29, 1.82) is 0 Å². The summed E-state index contributed by atoms with van der Waals surface area (Å²) in [5.41, 5.74) is -1.66. The number of hydrogen-bond acceptors (Lipinski definition) is 10. The molecular formula is C28H49NO9. The van der Waals surface area contributed by atoms with E-state index >= 15 is 0 Å². The van der Waals surface area contributed by atoms with E-state index in [0.29, 0.717) is 12.8 Å². The summed E-state index contributed by atoms with van der Waals surface area (Å²) >= 11 is 0. The predicted octanol–water partition coefficient (Wildman–Crippen LogP) is 1.72. The van der Waals surface area contributed by atoms with Gasteiger partial charge in [0.05, 0.1) is 29.8 Å². The molecule has 3 fully saturated rings. The van der Waals surface area contributed by atoms with Crippen molar-refractivity contribution < 1.29 is 43.9 Å². The number of cyclic esters (lactones) is 1. The molecule has 3 heterocycles. The molecule has 38 heavy (non-hydrogen) atoms. The molecule has 14 atom stereocenters. The maximum absolute atomic E-state index is 13.4. The molecular weight excluding hydrogens is 494 g/mol. The second-order valence-electron chi connectivity index (χ2n) is 12.4. The molecule has 10 heteroatoms. The first-order chi connectivity index (χ1) is 17.6. The number of nitrogens with zero attached hydrogens (tertiary/aromatic N) is 1. The zero-order valence-corrected chi connectivity index (χ0v) is 24.4. The minimum atomic E-state index is -1.66. The van der Waals surface area contributed by atoms with Crippen LogP contribution in [-0.2, 0) is 28.5 Å². The normalized spacial score (nSPS) is 49.2. The summed E-state index contributed by atoms with van der Waals surface area (Å²) in [6.45, 7) is 11.9. The molecule has 220 valence electrons. The van der Waals surface area contributed by atoms with E-state index in [1.54, 1.807) is 34.6 Å². The van der Waals surface area contributed by atoms with Crippen LogP contribution < -0.4 is 0 Å². The monoisotopic (exact) mass is 543 g/mol. The average molecular weight is 544 g/mol. The number of likely N-dealkylation sites (N-methyl/N-ethyl adjacent to an activating group) is 1. The fourth-order valence-electron chi connectivity index (χ4n) is 6.32. The Hall–Kier alpha value is -1.14. The number of ether oxygens (including phenoxy) is 4. The van der Waals surface area contributed by atoms with Crippen molar-refractivity contribution in [3.05, 3.63) is 0 Å². The van der Waals surface area contributed by atoms with Crippen LogP contribution in [0.2, 0.25) is 0 Å². The number of rotatable bonds is 4. The number of aliphatic hydroxyl groups is 3. The minimum Gasteiger partial charge on any atom is -0.462 e. The quantitative estimate of drug-likeness (QED) is 0.355. The van der Waals surface area contributed by atoms with E-state index in [4.69, 9.17) is 18.9 Å². The number of esters is 1. The lowest BCUT2D eigenvalue weighted by Gasteiger charge is -2.42. The molecule has 0 aliphatic carbocycles. The van der Waals surface area contributed by atoms with Crippen molar-refractivity contribution in [3.8, 4) is 0 Å². The lowest BCUT2D eigenvalue weighted by atomic mass is 9.75. The predicted molar refractivity (Wildman–Crippen MR) is 139 cm³/mol. The third-order valence-electron chi connectivity index (χ3n) is 9.03. The molecule has 3 saturated heterocycles. The molecule has 0 radical (unpaired) electrons. The summed E-state index contributed by atoms with van der Waals surface area (Å²) < 4.78 is 23.9. The number of fused-ring (bicyclic) bond motifs is 1. The van der Waals surface area contributed by atoms with Gasteiger partial charge in [-0.05, 0) is 40.8 Å². The molecule has 0 aromatic heterocycles. The maximum atomic E-state index is 13.4. The Morgan fingerprint density at radius 2 is 1.66 bits per heavy atom. The van der Waals surface area contributed by atoms with E-state index in [-0.39, 0.29) is 30.6 Å². The van der Waals surface area contributed by atoms with Gasteiger partial charge < -0.3 is 39.2 Å². The third-order valence-corrected chi connectivity index (χ3v) is 9.03. The Morgan fingerprint density at radius 3 is 2.24 bits per heavy atom. The number of Topliss-reactive ketones (excluding diaryl/α,β-unsaturated/α-hetero) is 1. The summed E-state index contributed by atoms with van der Waals surface area (Å²) in [6, 6.07) is 0.0727. The number of ketones is 1. The minimum absolute atomic E-state index is 0.00817. The first kappa shape index (κ1) is 31.4. The molecule has 2 unspecified atom stereocenters. The van der Waals surface area contributed by atoms with E-state index in [1.165, 1.54) is 6.92 Å². The molecule has 0 amide bonds. The van der Waals surface area contributed by atoms with Crippen molar-refractivity contribution in [1.82, 2.24) is 4.90 Å². The summed E-state index contributed by atoms with van der Waals surface area (Å²) in [4.78, 5) is 28.7. The van der Waals surface area contributed by atoms with E-state index in [9.17, 15) is 24.9 Å². The average Bonchev–Trinajstić information content (AvgIpc) is 3.65. The highest BCUT2D eigenvalue weighted by Gasteiger charge is 2.54. The van der Waals surface area contributed by atoms with Gasteiger partial charge in [-0.1, -0.05) is 34.6 Å². The highest BCUT2D eigenvalue weighted by Crippen LogP contribution is 2.40. The van der Waals surface area contributed by atoms with Gasteiger partial charge in [0.1, 0.15) is 18.0 Å². The van der Waals surface area contributed by atoms with Crippen LogP contribution >= 0.6 is 0 Å². The smallest absolute Gasteiger partial charge is 0.311 e. The van der Waals surface area contributed by atoms with Crippen LogP contribution in [0.25, 0.3) is 0 Å². The van der Waals surface area contributed by atoms with Gasteiger partial charge in [0, 0.05) is 36.1 Å². The topological polar surface area (TPSA) is 138 Å². The molecule has 0 aromatic carbocycles. The van der Waals surface area contributed by atoms with Gasteiger partial charge in [-0.3, -0.25) is 9.59 Å². The standard InChI is InChI=1S/C28H49NO9/c1-10-19-14(3)22(31)15(4)21(30)13(2)12-28(7,34)25(32)16(5)23(17(6)26(33)35-19)36-20-11-18(29(8)9)24-27(37-20)38-24/h13-20,22-25,27,31-32,34H,10-12H2,1-9H3/t13-,14+,15+,16+,17-,18?,19-,20-,22+,23+,24+,25-,27?,28-/m1/s1. The van der Waals surface area contributed by atoms with E-state index < -0.39 is 71.9 Å². The van der Waals surface area contributed by atoms with E-state index in [1.807, 2.05) is 21.0 Å². The van der Waals surface area contributed by atoms with Crippen molar-refractivity contribution in [2.45, 2.75) is 122 Å². The van der Waals surface area contributed by atoms with Crippen LogP contribution in [0.1, 0.15) is 67.7 Å². The van der Waals surface area contributed by atoms with Crippen LogP contribution in [0.4, 0.5) is 0 Å². The number of aliphatic hydroxyl groups excluding tert-OH is 2. The highest BCUT2D eigenvalue weighted by molar-refractivity contribution is 5.83. The molecule has 3 aliphatic rings. The zero-order chi connectivity index (χ0) is 28.7. The van der Waals surface area contributed by atoms with Gasteiger partial charge in [0.15, 0.2) is 12.6 Å². The molecule has 0 bridgehead atoms. The van der Waals surface area contributed by atoms with Crippen molar-refractivity contribution >= 4 is 11.8 Å². The van der Waals surface area contributed by atoms with E-state index in [0.717, 1.165) is 0 Å². The Labute approximate surface area is 226 Å². The molecule has 0 aromatic rings. The van der Waals surface area contributed by atoms with Crippen molar-refractivity contribution in [2.24, 2.45) is 29.6 Å². The van der Waals surface area contributed by atoms with Crippen molar-refractivity contribution in [3.63, 3.8) is 0 Å². The summed E-state index contributed by atoms with van der Waals surface area (Å²) in [7, 11) is 3.92. The Kier molecular flexibility index (Phi) is 10.0. The van der Waals surface area contributed by atoms with Crippen LogP contribution in [0.15, 0.2) is 0 Å². The number of carbonyl (C=O) groups excluding carboxylic acids is 2. The van der Waals surface area contributed by atoms with Crippen LogP contribution in [0.3, 0.4) is 0 Å². The SMILES string of the molecule is CC[C@H]1OC(=O)[C@H](C)[C@@H](O[C@H]2CC(N(C)C)[C@@H]3OC3O2)[C@H](C)[C@@H](O)[C@](C)(O)C[C@@H](C)C(=O)[C@H](C)[C@@H](O)[C@H]1C. The Morgan fingerprint density at radius 1 is 1.03 bits per heavy atom. The van der Waals surface area contributed by atoms with Gasteiger partial charge in [-0.2, -0.15) is 0 Å². The first-order valence-corrected chi connectivity index (χ1v) is 14.1. The summed E-state index contributed by atoms with van der Waals surface area (Å²) in [6.07, 6.45) is -3.96. The van der Waals surface area contributed by atoms with Gasteiger partial charge in [-0.25, -0.2) is 0 Å².